The van der Waals surface area contributed by atoms with Crippen LogP contribution < -0.4 is 10.7 Å². The summed E-state index contributed by atoms with van der Waals surface area (Å²) in [6, 6.07) is 13.9. The molecule has 0 aliphatic carbocycles. The van der Waals surface area contributed by atoms with E-state index in [9.17, 15) is 29.1 Å². The number of phenols is 1. The monoisotopic (exact) mass is 945 g/mol. The fraction of sp³-hybridized carbons (Fsp3) is 0.509. The summed E-state index contributed by atoms with van der Waals surface area (Å²) in [5, 5.41) is 16.8. The highest BCUT2D eigenvalue weighted by Crippen LogP contribution is 2.41. The standard InChI is InChI=1S/C53H68N8O8/c1-10-60-45-18-17-35-26-41(45)42(48(60)40-14-11-19-54-44(40)31-68-9)27-53(4,5)32-69-52(67)43-15-12-21-61(56-43)51(66)37(23-34-22-36(35)25-39(62)24-34)28-55-49(64)47(33(2)3)58(8)50(65)38-29-59(30-38)46(63)16-13-20-57(6)7/h11,14,17-19,22,24-26,33,37-38,43,47,56,62H,10,12,15,20-21,23,27-32H2,1-9H3,(H,55,64)/t37?,43-,47-/m0/s1. The number of benzene rings is 2. The molecule has 0 radical (unpaired) electrons. The summed E-state index contributed by atoms with van der Waals surface area (Å²) < 4.78 is 14.0. The molecule has 0 spiro atoms. The molecule has 6 bridgehead atoms. The van der Waals surface area contributed by atoms with Crippen LogP contribution in [-0.2, 0) is 59.4 Å². The van der Waals surface area contributed by atoms with E-state index in [-0.39, 0.29) is 62.1 Å². The van der Waals surface area contributed by atoms with Gasteiger partial charge in [0.1, 0.15) is 17.8 Å². The van der Waals surface area contributed by atoms with Crippen LogP contribution in [0.4, 0.5) is 0 Å². The number of carbonyl (C=O) groups is 5. The molecule has 7 rings (SSSR count). The van der Waals surface area contributed by atoms with Gasteiger partial charge in [-0.25, -0.2) is 5.43 Å². The number of nitrogens with one attached hydrogen (secondary N) is 2. The zero-order chi connectivity index (χ0) is 49.7. The first kappa shape index (κ1) is 50.6. The summed E-state index contributed by atoms with van der Waals surface area (Å²) in [7, 11) is 6.98. The van der Waals surface area contributed by atoms with E-state index in [1.165, 1.54) is 14.8 Å². The van der Waals surface area contributed by atoms with E-state index in [0.717, 1.165) is 44.5 Å². The van der Waals surface area contributed by atoms with Crippen LogP contribution in [0.3, 0.4) is 0 Å². The molecule has 5 heterocycles. The van der Waals surface area contributed by atoms with Crippen LogP contribution in [-0.4, -0.2) is 144 Å². The predicted octanol–water partition coefficient (Wildman–Crippen LogP) is 4.64. The molecule has 3 aliphatic rings. The van der Waals surface area contributed by atoms with Crippen molar-refractivity contribution in [3.8, 4) is 40.0 Å². The number of hydrogen-bond donors (Lipinski definition) is 3. The highest BCUT2D eigenvalue weighted by atomic mass is 16.5. The van der Waals surface area contributed by atoms with Crippen LogP contribution in [0.5, 0.6) is 5.75 Å². The number of aryl methyl sites for hydroxylation is 1. The predicted molar refractivity (Wildman–Crippen MR) is 263 cm³/mol. The van der Waals surface area contributed by atoms with E-state index in [2.05, 4.69) is 66.1 Å². The van der Waals surface area contributed by atoms with Gasteiger partial charge in [0.2, 0.25) is 17.7 Å². The number of likely N-dealkylation sites (tertiary alicyclic amines) is 1. The van der Waals surface area contributed by atoms with E-state index in [1.54, 1.807) is 32.5 Å². The Morgan fingerprint density at radius 2 is 1.84 bits per heavy atom. The number of pyridine rings is 1. The van der Waals surface area contributed by atoms with Gasteiger partial charge in [-0.05, 0) is 117 Å². The number of ether oxygens (including phenoxy) is 2. The van der Waals surface area contributed by atoms with Gasteiger partial charge in [-0.3, -0.25) is 38.9 Å². The van der Waals surface area contributed by atoms with E-state index < -0.39 is 41.2 Å². The minimum atomic E-state index is -0.868. The Labute approximate surface area is 405 Å². The van der Waals surface area contributed by atoms with Crippen molar-refractivity contribution in [3.63, 3.8) is 0 Å². The Hall–Kier alpha value is -6.28. The van der Waals surface area contributed by atoms with E-state index in [1.807, 2.05) is 51.0 Å². The average Bonchev–Trinajstić information content (AvgIpc) is 3.59. The number of rotatable bonds is 11. The number of carbonyl (C=O) groups excluding carboxylic acids is 5. The number of hydrogen-bond acceptors (Lipinski definition) is 11. The topological polar surface area (TPSA) is 179 Å². The lowest BCUT2D eigenvalue weighted by Crippen LogP contribution is -2.60. The summed E-state index contributed by atoms with van der Waals surface area (Å²) >= 11 is 0. The Morgan fingerprint density at radius 3 is 2.55 bits per heavy atom. The SMILES string of the molecule is CCn1c(-c2cccnc2COC)c2c3cc(ccc31)-c1cc(O)cc(c1)CC(CNC(=O)[C@H](C(C)C)N(C)C(=O)C1CN(C(=O)C#CCN(C)C)C1)C(=O)N1CCC[C@H](N1)C(=O)OCC(C)(C)C2. The van der Waals surface area contributed by atoms with Gasteiger partial charge in [-0.1, -0.05) is 45.7 Å². The third kappa shape index (κ3) is 11.4. The summed E-state index contributed by atoms with van der Waals surface area (Å²) in [5.41, 5.74) is 9.78. The fourth-order valence-electron chi connectivity index (χ4n) is 9.88. The number of hydrazine groups is 1. The van der Waals surface area contributed by atoms with Crippen molar-refractivity contribution in [1.29, 1.82) is 0 Å². The molecule has 16 nitrogen and oxygen atoms in total. The van der Waals surface area contributed by atoms with Crippen LogP contribution in [0.2, 0.25) is 0 Å². The molecule has 4 amide bonds. The number of amides is 4. The van der Waals surface area contributed by atoms with Gasteiger partial charge < -0.3 is 34.3 Å². The molecule has 2 aromatic heterocycles. The number of phenolic OH excluding ortho intramolecular Hbond substituents is 1. The van der Waals surface area contributed by atoms with Crippen molar-refractivity contribution in [2.75, 3.05) is 67.6 Å². The fourth-order valence-corrected chi connectivity index (χ4v) is 9.88. The van der Waals surface area contributed by atoms with Gasteiger partial charge in [0.05, 0.1) is 43.0 Å². The Morgan fingerprint density at radius 1 is 1.07 bits per heavy atom. The molecule has 69 heavy (non-hydrogen) atoms. The number of likely N-dealkylation sites (N-methyl/N-ethyl adjacent to an activating group) is 1. The zero-order valence-corrected chi connectivity index (χ0v) is 41.6. The quantitative estimate of drug-likeness (QED) is 0.141. The summed E-state index contributed by atoms with van der Waals surface area (Å²) in [5.74, 6) is 2.07. The molecule has 0 saturated carbocycles. The molecule has 3 N–H and O–H groups in total. The smallest absolute Gasteiger partial charge is 0.324 e. The second-order valence-corrected chi connectivity index (χ2v) is 20.1. The van der Waals surface area contributed by atoms with Crippen molar-refractivity contribution >= 4 is 40.5 Å². The van der Waals surface area contributed by atoms with Crippen LogP contribution in [0.25, 0.3) is 33.3 Å². The number of methoxy groups -OCH3 is 1. The van der Waals surface area contributed by atoms with Crippen molar-refractivity contribution < 1.29 is 38.6 Å². The first-order valence-electron chi connectivity index (χ1n) is 24.0. The van der Waals surface area contributed by atoms with Crippen molar-refractivity contribution in [1.82, 2.24) is 40.0 Å². The number of aromatic hydroxyl groups is 1. The maximum atomic E-state index is 14.7. The van der Waals surface area contributed by atoms with Crippen molar-refractivity contribution in [3.05, 3.63) is 71.5 Å². The largest absolute Gasteiger partial charge is 0.508 e. The molecule has 1 unspecified atom stereocenters. The first-order valence-corrected chi connectivity index (χ1v) is 24.0. The van der Waals surface area contributed by atoms with E-state index >= 15 is 0 Å². The lowest BCUT2D eigenvalue weighted by molar-refractivity contribution is -0.156. The number of aromatic nitrogens is 2. The second-order valence-electron chi connectivity index (χ2n) is 20.1. The minimum absolute atomic E-state index is 0.0239. The number of cyclic esters (lactones) is 1. The van der Waals surface area contributed by atoms with Gasteiger partial charge in [-0.15, -0.1) is 0 Å². The van der Waals surface area contributed by atoms with Gasteiger partial charge in [0, 0.05) is 75.0 Å². The first-order chi connectivity index (χ1) is 32.9. The molecular weight excluding hydrogens is 877 g/mol. The lowest BCUT2D eigenvalue weighted by Gasteiger charge is -2.41. The highest BCUT2D eigenvalue weighted by molar-refractivity contribution is 5.97. The molecular formula is C53H68N8O8. The Balaban J connectivity index is 1.21. The van der Waals surface area contributed by atoms with E-state index in [0.29, 0.717) is 51.1 Å². The normalized spacial score (nSPS) is 19.1. The van der Waals surface area contributed by atoms with Gasteiger partial charge >= 0.3 is 5.97 Å². The molecule has 16 heteroatoms. The van der Waals surface area contributed by atoms with Gasteiger partial charge in [0.25, 0.3) is 5.91 Å². The van der Waals surface area contributed by atoms with Crippen LogP contribution in [0.15, 0.2) is 54.7 Å². The van der Waals surface area contributed by atoms with Crippen LogP contribution in [0.1, 0.15) is 64.3 Å². The van der Waals surface area contributed by atoms with E-state index in [4.69, 9.17) is 14.5 Å². The van der Waals surface area contributed by atoms with Crippen molar-refractivity contribution in [2.45, 2.75) is 85.5 Å². The zero-order valence-electron chi connectivity index (χ0n) is 41.6. The Bertz CT molecular complexity index is 2640. The number of esters is 1. The molecule has 2 fully saturated rings. The molecule has 2 saturated heterocycles. The van der Waals surface area contributed by atoms with Gasteiger partial charge in [-0.2, -0.15) is 0 Å². The van der Waals surface area contributed by atoms with Crippen LogP contribution >= 0.6 is 0 Å². The number of nitrogens with zero attached hydrogens (tertiary/aromatic N) is 6. The number of fused-ring (bicyclic) bond motifs is 6. The lowest BCUT2D eigenvalue weighted by atomic mass is 9.84. The molecule has 3 atom stereocenters. The third-order valence-corrected chi connectivity index (χ3v) is 13.3. The Kier molecular flexibility index (Phi) is 15.8. The van der Waals surface area contributed by atoms with Crippen molar-refractivity contribution in [2.24, 2.45) is 23.2 Å². The molecule has 2 aromatic carbocycles. The maximum Gasteiger partial charge on any atom is 0.324 e. The molecule has 3 aliphatic heterocycles. The maximum absolute atomic E-state index is 14.7. The summed E-state index contributed by atoms with van der Waals surface area (Å²) in [6.07, 6.45) is 3.47. The van der Waals surface area contributed by atoms with Gasteiger partial charge in [0.15, 0.2) is 0 Å². The minimum Gasteiger partial charge on any atom is -0.508 e. The second kappa shape index (κ2) is 21.6. The third-order valence-electron chi connectivity index (χ3n) is 13.3. The average molecular weight is 945 g/mol. The summed E-state index contributed by atoms with van der Waals surface area (Å²) in [4.78, 5) is 78.7. The highest BCUT2D eigenvalue weighted by Gasteiger charge is 2.41. The summed E-state index contributed by atoms with van der Waals surface area (Å²) in [6.45, 7) is 12.2. The van der Waals surface area contributed by atoms with Crippen LogP contribution in [0, 0.1) is 35.0 Å². The molecule has 368 valence electrons. The molecule has 4 aromatic rings.